The Balaban J connectivity index is 1.55. The van der Waals surface area contributed by atoms with Crippen molar-refractivity contribution >= 4 is 34.1 Å². The Bertz CT molecular complexity index is 2350. The van der Waals surface area contributed by atoms with E-state index in [0.29, 0.717) is 31.8 Å². The molecule has 6 rings (SSSR count). The number of rotatable bonds is 4. The van der Waals surface area contributed by atoms with Gasteiger partial charge in [0.2, 0.25) is 0 Å². The maximum absolute atomic E-state index is 14.7. The molecule has 62 heavy (non-hydrogen) atoms. The Morgan fingerprint density at radius 1 is 1.00 bits per heavy atom. The summed E-state index contributed by atoms with van der Waals surface area (Å²) in [4.78, 5) is 53.6. The quantitative estimate of drug-likeness (QED) is 0.190. The molecule has 16 heteroatoms. The zero-order valence-electron chi connectivity index (χ0n) is 37.5. The van der Waals surface area contributed by atoms with Crippen molar-refractivity contribution in [2.75, 3.05) is 32.1 Å². The number of esters is 1. The molecule has 0 radical (unpaired) electrons. The second-order valence-electron chi connectivity index (χ2n) is 18.2. The number of fused-ring (bicyclic) bond motifs is 1. The Kier molecular flexibility index (Phi) is 13.1. The molecule has 1 fully saturated rings. The van der Waals surface area contributed by atoms with Crippen molar-refractivity contribution in [3.8, 4) is 17.2 Å². The number of nitrogens with one attached hydrogen (secondary N) is 1. The summed E-state index contributed by atoms with van der Waals surface area (Å²) in [5.41, 5.74) is -2.73. The number of piperidine rings is 1. The molecule has 0 aromatic heterocycles. The molecule has 1 unspecified atom stereocenters. The molecule has 0 aliphatic carbocycles. The Morgan fingerprint density at radius 2 is 1.65 bits per heavy atom. The molecule has 4 aliphatic heterocycles. The van der Waals surface area contributed by atoms with Crippen molar-refractivity contribution in [2.24, 2.45) is 33.7 Å². The number of methoxy groups -OCH3 is 1. The molecule has 1 spiro atoms. The first-order valence-corrected chi connectivity index (χ1v) is 21.3. The minimum atomic E-state index is -1.98. The van der Waals surface area contributed by atoms with Crippen LogP contribution < -0.4 is 20.8 Å². The average molecular weight is 863 g/mol. The van der Waals surface area contributed by atoms with Gasteiger partial charge in [-0.3, -0.25) is 24.4 Å². The van der Waals surface area contributed by atoms with E-state index in [1.165, 1.54) is 72.3 Å². The largest absolute Gasteiger partial charge is 0.507 e. The first kappa shape index (κ1) is 46.6. The number of nitrogens with zero attached hydrogens (tertiary/aromatic N) is 3. The molecular formula is C46H62N4O12. The van der Waals surface area contributed by atoms with Crippen LogP contribution in [0.5, 0.6) is 17.2 Å². The third-order valence-corrected chi connectivity index (χ3v) is 12.9. The average Bonchev–Trinajstić information content (AvgIpc) is 3.71. The Hall–Kier alpha value is -4.87. The van der Waals surface area contributed by atoms with Gasteiger partial charge in [-0.25, -0.2) is 0 Å². The predicted octanol–water partition coefficient (Wildman–Crippen LogP) is 3.86. The van der Waals surface area contributed by atoms with E-state index in [1.54, 1.807) is 20.8 Å². The lowest BCUT2D eigenvalue weighted by atomic mass is 9.77. The Morgan fingerprint density at radius 3 is 2.26 bits per heavy atom. The van der Waals surface area contributed by atoms with Crippen LogP contribution in [-0.4, -0.2) is 116 Å². The van der Waals surface area contributed by atoms with Crippen LogP contribution in [0.25, 0.3) is 10.8 Å². The number of Topliss-reactive ketones (excluding diaryl/α,β-unsaturated/α-hetero) is 1. The van der Waals surface area contributed by atoms with Gasteiger partial charge in [-0.1, -0.05) is 52.8 Å². The normalized spacial score (nSPS) is 33.5. The SMILES string of the molecule is CO[C@H]1/C=C/O[C@@]2(C)Oc3c(C)c(O)c4c(O)c(c5c(c4c3C2=O)=NC2(CCN(CC(C)C)CC2)N=5)NC(=O)/C(C)=C\C=C\C(C)(O)[C@H](O)[C@@H](C)[C@@H](O)[C@@H](C)[C@H](OC(C)=O)[C@@H]1C. The predicted molar refractivity (Wildman–Crippen MR) is 229 cm³/mol. The smallest absolute Gasteiger partial charge is 0.312 e. The number of hydrogen-bond donors (Lipinski definition) is 6. The van der Waals surface area contributed by atoms with Crippen LogP contribution in [0.3, 0.4) is 0 Å². The number of amides is 1. The summed E-state index contributed by atoms with van der Waals surface area (Å²) in [5, 5.41) is 61.4. The monoisotopic (exact) mass is 862 g/mol. The van der Waals surface area contributed by atoms with E-state index >= 15 is 0 Å². The zero-order valence-corrected chi connectivity index (χ0v) is 37.5. The van der Waals surface area contributed by atoms with Crippen molar-refractivity contribution in [1.82, 2.24) is 4.90 Å². The molecule has 9 atom stereocenters. The van der Waals surface area contributed by atoms with Crippen LogP contribution in [0.1, 0.15) is 91.1 Å². The Labute approximate surface area is 361 Å². The molecule has 1 saturated heterocycles. The second-order valence-corrected chi connectivity index (χ2v) is 18.2. The van der Waals surface area contributed by atoms with Gasteiger partial charge in [0.25, 0.3) is 11.7 Å². The van der Waals surface area contributed by atoms with Gasteiger partial charge < -0.3 is 54.7 Å². The second kappa shape index (κ2) is 17.4. The summed E-state index contributed by atoms with van der Waals surface area (Å²) in [6, 6.07) is 0. The van der Waals surface area contributed by atoms with E-state index in [1.807, 2.05) is 0 Å². The first-order valence-electron chi connectivity index (χ1n) is 21.3. The molecule has 0 saturated carbocycles. The van der Waals surface area contributed by atoms with Gasteiger partial charge in [0.1, 0.15) is 34.2 Å². The van der Waals surface area contributed by atoms with E-state index in [2.05, 4.69) is 24.1 Å². The number of phenols is 2. The van der Waals surface area contributed by atoms with Gasteiger partial charge in [0, 0.05) is 87.7 Å². The fourth-order valence-corrected chi connectivity index (χ4v) is 9.23. The fourth-order valence-electron chi connectivity index (χ4n) is 9.23. The maximum Gasteiger partial charge on any atom is 0.312 e. The number of carbonyl (C=O) groups excluding carboxylic acids is 3. The minimum Gasteiger partial charge on any atom is -0.507 e. The van der Waals surface area contributed by atoms with E-state index in [0.717, 1.165) is 6.54 Å². The number of carbonyl (C=O) groups is 3. The van der Waals surface area contributed by atoms with Gasteiger partial charge in [-0.05, 0) is 32.8 Å². The van der Waals surface area contributed by atoms with Crippen molar-refractivity contribution in [3.05, 3.63) is 58.0 Å². The fraction of sp³-hybridized carbons (Fsp3) is 0.587. The molecule has 6 N–H and O–H groups in total. The van der Waals surface area contributed by atoms with E-state index < -0.39 is 88.4 Å². The lowest BCUT2D eigenvalue weighted by Gasteiger charge is -2.39. The summed E-state index contributed by atoms with van der Waals surface area (Å²) in [5.74, 6) is -6.75. The van der Waals surface area contributed by atoms with Crippen LogP contribution in [0.2, 0.25) is 0 Å². The van der Waals surface area contributed by atoms with Crippen LogP contribution in [0, 0.1) is 30.6 Å². The first-order chi connectivity index (χ1) is 29.0. The highest BCUT2D eigenvalue weighted by Crippen LogP contribution is 2.50. The van der Waals surface area contributed by atoms with Crippen molar-refractivity contribution in [2.45, 2.75) is 124 Å². The number of ether oxygens (including phenoxy) is 4. The zero-order chi connectivity index (χ0) is 45.8. The van der Waals surface area contributed by atoms with Crippen molar-refractivity contribution < 1.29 is 58.9 Å². The topological polar surface area (TPSA) is 229 Å². The van der Waals surface area contributed by atoms with Gasteiger partial charge in [0.15, 0.2) is 11.4 Å². The molecule has 1 amide bonds. The summed E-state index contributed by atoms with van der Waals surface area (Å²) < 4.78 is 23.9. The van der Waals surface area contributed by atoms with E-state index in [9.17, 15) is 39.9 Å². The van der Waals surface area contributed by atoms with Crippen LogP contribution in [0.4, 0.5) is 5.69 Å². The number of aliphatic hydroxyl groups excluding tert-OH is 2. The standard InChI is InChI=1S/C46H62N4O12/c1-22(2)21-50-18-16-46(17-19-50)48-33-30-31-37(53)26(6)40-32(30)42(56)45(10,62-40)60-20-14-29(59-11)24(4)39(61-28(8)51)25(5)36(52)27(7)41(55)44(9,58)15-12-13-23(3)43(57)47-35(38(31)54)34(33)49-46/h12-15,20,22,24-25,27,29,36,39,41,52-55,58H,16-19,21H2,1-11H3,(H,47,57)/b15-12+,20-14+,23-13-/t24-,25-,27+,29+,36+,39-,41-,44?,45+/m1/s1. The third kappa shape index (κ3) is 8.47. The van der Waals surface area contributed by atoms with Crippen molar-refractivity contribution in [3.63, 3.8) is 0 Å². The van der Waals surface area contributed by atoms with E-state index in [4.69, 9.17) is 28.9 Å². The van der Waals surface area contributed by atoms with Gasteiger partial charge >= 0.3 is 11.8 Å². The summed E-state index contributed by atoms with van der Waals surface area (Å²) in [6.45, 7) is 18.6. The minimum absolute atomic E-state index is 0.0114. The number of phenolic OH excluding ortho intramolecular Hbond substituents is 2. The molecule has 4 bridgehead atoms. The highest BCUT2D eigenvalue weighted by atomic mass is 16.7. The van der Waals surface area contributed by atoms with Gasteiger partial charge in [0.05, 0.1) is 40.9 Å². The van der Waals surface area contributed by atoms with Crippen LogP contribution in [0.15, 0.2) is 46.1 Å². The molecular weight excluding hydrogens is 801 g/mol. The van der Waals surface area contributed by atoms with Gasteiger partial charge in [-0.2, -0.15) is 0 Å². The highest BCUT2D eigenvalue weighted by molar-refractivity contribution is 6.19. The number of anilines is 1. The lowest BCUT2D eigenvalue weighted by molar-refractivity contribution is -0.162. The third-order valence-electron chi connectivity index (χ3n) is 12.9. The summed E-state index contributed by atoms with van der Waals surface area (Å²) in [7, 11) is 1.44. The van der Waals surface area contributed by atoms with E-state index in [-0.39, 0.29) is 49.6 Å². The lowest BCUT2D eigenvalue weighted by Crippen LogP contribution is -2.50. The maximum atomic E-state index is 14.7. The number of benzene rings is 2. The van der Waals surface area contributed by atoms with Crippen LogP contribution in [-0.2, 0) is 23.8 Å². The number of likely N-dealkylation sites (tertiary alicyclic amines) is 1. The summed E-state index contributed by atoms with van der Waals surface area (Å²) >= 11 is 0. The number of ketones is 1. The molecule has 4 heterocycles. The number of aromatic hydroxyl groups is 2. The highest BCUT2D eigenvalue weighted by Gasteiger charge is 2.50. The molecule has 338 valence electrons. The van der Waals surface area contributed by atoms with Crippen molar-refractivity contribution in [1.29, 1.82) is 0 Å². The molecule has 4 aliphatic rings. The van der Waals surface area contributed by atoms with Crippen LogP contribution >= 0.6 is 0 Å². The number of hydrogen-bond acceptors (Lipinski definition) is 15. The van der Waals surface area contributed by atoms with Gasteiger partial charge in [-0.15, -0.1) is 0 Å². The number of aliphatic hydroxyl groups is 3. The molecule has 2 aromatic carbocycles. The molecule has 2 aromatic rings. The molecule has 16 nitrogen and oxygen atoms in total. The number of allylic oxidation sites excluding steroid dienone is 2. The summed E-state index contributed by atoms with van der Waals surface area (Å²) in [6.07, 6.45) is 3.26.